The van der Waals surface area contributed by atoms with E-state index in [1.807, 2.05) is 23.3 Å². The smallest absolute Gasteiger partial charge is 0.246 e. The Balaban J connectivity index is 1.98. The van der Waals surface area contributed by atoms with E-state index in [0.717, 1.165) is 30.1 Å². The first-order chi connectivity index (χ1) is 9.20. The minimum Gasteiger partial charge on any atom is -0.336 e. The van der Waals surface area contributed by atoms with Crippen molar-refractivity contribution in [2.45, 2.75) is 52.0 Å². The summed E-state index contributed by atoms with van der Waals surface area (Å²) in [4.78, 5) is 18.6. The van der Waals surface area contributed by atoms with Crippen LogP contribution in [-0.4, -0.2) is 28.4 Å². The van der Waals surface area contributed by atoms with E-state index in [1.165, 1.54) is 19.3 Å². The molecule has 0 radical (unpaired) electrons. The molecular formula is C15H22N2OS. The van der Waals surface area contributed by atoms with Crippen LogP contribution in [0.2, 0.25) is 0 Å². The van der Waals surface area contributed by atoms with Crippen LogP contribution >= 0.6 is 11.3 Å². The molecule has 1 aliphatic rings. The molecule has 0 unspecified atom stereocenters. The third-order valence-electron chi connectivity index (χ3n) is 3.67. The molecule has 19 heavy (non-hydrogen) atoms. The summed E-state index contributed by atoms with van der Waals surface area (Å²) >= 11 is 1.61. The molecule has 0 aromatic carbocycles. The fourth-order valence-electron chi connectivity index (χ4n) is 2.70. The van der Waals surface area contributed by atoms with Crippen molar-refractivity contribution in [3.63, 3.8) is 0 Å². The van der Waals surface area contributed by atoms with Gasteiger partial charge < -0.3 is 4.90 Å². The van der Waals surface area contributed by atoms with Crippen LogP contribution < -0.4 is 0 Å². The molecule has 1 saturated carbocycles. The van der Waals surface area contributed by atoms with E-state index in [9.17, 15) is 4.79 Å². The highest BCUT2D eigenvalue weighted by Gasteiger charge is 2.22. The summed E-state index contributed by atoms with van der Waals surface area (Å²) in [6, 6.07) is 0.438. The molecular weight excluding hydrogens is 256 g/mol. The van der Waals surface area contributed by atoms with Crippen LogP contribution in [0.3, 0.4) is 0 Å². The lowest BCUT2D eigenvalue weighted by Crippen LogP contribution is -2.40. The summed E-state index contributed by atoms with van der Waals surface area (Å²) in [5.41, 5.74) is 0.885. The molecule has 0 N–H and O–H groups in total. The fraction of sp³-hybridized carbons (Fsp3) is 0.600. The molecule has 104 valence electrons. The monoisotopic (exact) mass is 278 g/mol. The van der Waals surface area contributed by atoms with Crippen molar-refractivity contribution in [1.29, 1.82) is 0 Å². The van der Waals surface area contributed by atoms with Crippen LogP contribution in [-0.2, 0) is 4.79 Å². The highest BCUT2D eigenvalue weighted by molar-refractivity contribution is 7.09. The molecule has 3 nitrogen and oxygen atoms in total. The van der Waals surface area contributed by atoms with Crippen molar-refractivity contribution in [2.75, 3.05) is 6.54 Å². The summed E-state index contributed by atoms with van der Waals surface area (Å²) in [5, 5.41) is 3.02. The lowest BCUT2D eigenvalue weighted by molar-refractivity contribution is -0.128. The molecule has 4 heteroatoms. The van der Waals surface area contributed by atoms with Crippen LogP contribution in [0.15, 0.2) is 11.5 Å². The molecule has 1 amide bonds. The Labute approximate surface area is 119 Å². The normalized spacial score (nSPS) is 16.9. The average Bonchev–Trinajstić information content (AvgIpc) is 2.84. The lowest BCUT2D eigenvalue weighted by Gasteiger charge is -2.32. The zero-order valence-corrected chi connectivity index (χ0v) is 12.6. The van der Waals surface area contributed by atoms with E-state index in [0.29, 0.717) is 6.04 Å². The molecule has 1 heterocycles. The first-order valence-electron chi connectivity index (χ1n) is 7.11. The highest BCUT2D eigenvalue weighted by atomic mass is 32.1. The number of carbonyl (C=O) groups excluding carboxylic acids is 1. The van der Waals surface area contributed by atoms with Crippen LogP contribution in [0.5, 0.6) is 0 Å². The van der Waals surface area contributed by atoms with E-state index in [-0.39, 0.29) is 5.91 Å². The van der Waals surface area contributed by atoms with Crippen molar-refractivity contribution in [3.05, 3.63) is 22.2 Å². The van der Waals surface area contributed by atoms with Crippen molar-refractivity contribution < 1.29 is 4.79 Å². The van der Waals surface area contributed by atoms with E-state index in [1.54, 1.807) is 17.4 Å². The largest absolute Gasteiger partial charge is 0.336 e. The Bertz CT molecular complexity index is 447. The zero-order chi connectivity index (χ0) is 13.7. The highest BCUT2D eigenvalue weighted by Crippen LogP contribution is 2.22. The Kier molecular flexibility index (Phi) is 5.14. The van der Waals surface area contributed by atoms with Crippen LogP contribution in [0.1, 0.15) is 49.7 Å². The number of hydrogen-bond donors (Lipinski definition) is 0. The minimum absolute atomic E-state index is 0.125. The SMILES string of the molecule is CCN(C(=O)/C=C/c1csc(C)n1)C1CCCCC1. The molecule has 1 aromatic rings. The van der Waals surface area contributed by atoms with Gasteiger partial charge in [0, 0.05) is 24.0 Å². The summed E-state index contributed by atoms with van der Waals surface area (Å²) < 4.78 is 0. The van der Waals surface area contributed by atoms with Gasteiger partial charge in [-0.3, -0.25) is 4.79 Å². The fourth-order valence-corrected chi connectivity index (χ4v) is 3.28. The predicted octanol–water partition coefficient (Wildman–Crippen LogP) is 3.65. The van der Waals surface area contributed by atoms with Crippen LogP contribution in [0.25, 0.3) is 6.08 Å². The van der Waals surface area contributed by atoms with Crippen molar-refractivity contribution >= 4 is 23.3 Å². The number of carbonyl (C=O) groups is 1. The van der Waals surface area contributed by atoms with E-state index in [2.05, 4.69) is 11.9 Å². The van der Waals surface area contributed by atoms with Gasteiger partial charge in [0.25, 0.3) is 0 Å². The maximum absolute atomic E-state index is 12.3. The Morgan fingerprint density at radius 3 is 2.79 bits per heavy atom. The first kappa shape index (κ1) is 14.3. The molecule has 1 aliphatic carbocycles. The van der Waals surface area contributed by atoms with Gasteiger partial charge in [-0.15, -0.1) is 11.3 Å². The maximum Gasteiger partial charge on any atom is 0.246 e. The van der Waals surface area contributed by atoms with Gasteiger partial charge in [0.1, 0.15) is 0 Å². The number of aryl methyl sites for hydroxylation is 1. The molecule has 0 saturated heterocycles. The average molecular weight is 278 g/mol. The first-order valence-corrected chi connectivity index (χ1v) is 7.99. The Morgan fingerprint density at radius 2 is 2.21 bits per heavy atom. The van der Waals surface area contributed by atoms with Crippen molar-refractivity contribution in [3.8, 4) is 0 Å². The molecule has 0 bridgehead atoms. The van der Waals surface area contributed by atoms with Crippen molar-refractivity contribution in [2.24, 2.45) is 0 Å². The third kappa shape index (κ3) is 3.90. The van der Waals surface area contributed by atoms with Gasteiger partial charge in [0.15, 0.2) is 0 Å². The second-order valence-corrected chi connectivity index (χ2v) is 6.10. The van der Waals surface area contributed by atoms with E-state index in [4.69, 9.17) is 0 Å². The predicted molar refractivity (Wildman–Crippen MR) is 80.1 cm³/mol. The second kappa shape index (κ2) is 6.85. The van der Waals surface area contributed by atoms with E-state index < -0.39 is 0 Å². The molecule has 0 spiro atoms. The Morgan fingerprint density at radius 1 is 1.47 bits per heavy atom. The van der Waals surface area contributed by atoms with Crippen LogP contribution in [0, 0.1) is 6.92 Å². The molecule has 0 atom stereocenters. The quantitative estimate of drug-likeness (QED) is 0.788. The number of hydrogen-bond acceptors (Lipinski definition) is 3. The van der Waals surface area contributed by atoms with Gasteiger partial charge in [-0.25, -0.2) is 4.98 Å². The third-order valence-corrected chi connectivity index (χ3v) is 4.46. The number of nitrogens with zero attached hydrogens (tertiary/aromatic N) is 2. The number of likely N-dealkylation sites (N-methyl/N-ethyl adjacent to an activating group) is 1. The zero-order valence-electron chi connectivity index (χ0n) is 11.8. The number of thiazole rings is 1. The van der Waals surface area contributed by atoms with Gasteiger partial charge in [-0.1, -0.05) is 19.3 Å². The molecule has 1 aromatic heterocycles. The van der Waals surface area contributed by atoms with Gasteiger partial charge in [0.05, 0.1) is 10.7 Å². The molecule has 0 aliphatic heterocycles. The second-order valence-electron chi connectivity index (χ2n) is 5.04. The summed E-state index contributed by atoms with van der Waals surface area (Å²) in [5.74, 6) is 0.125. The van der Waals surface area contributed by atoms with Gasteiger partial charge in [-0.05, 0) is 32.8 Å². The summed E-state index contributed by atoms with van der Waals surface area (Å²) in [6.45, 7) is 4.83. The Hall–Kier alpha value is -1.16. The van der Waals surface area contributed by atoms with Gasteiger partial charge in [0.2, 0.25) is 5.91 Å². The summed E-state index contributed by atoms with van der Waals surface area (Å²) in [6.07, 6.45) is 9.64. The number of rotatable bonds is 4. The van der Waals surface area contributed by atoms with Gasteiger partial charge >= 0.3 is 0 Å². The molecule has 2 rings (SSSR count). The maximum atomic E-state index is 12.3. The minimum atomic E-state index is 0.125. The number of amides is 1. The molecule has 1 fully saturated rings. The van der Waals surface area contributed by atoms with Crippen molar-refractivity contribution in [1.82, 2.24) is 9.88 Å². The lowest BCUT2D eigenvalue weighted by atomic mass is 9.94. The van der Waals surface area contributed by atoms with E-state index >= 15 is 0 Å². The topological polar surface area (TPSA) is 33.2 Å². The number of aromatic nitrogens is 1. The summed E-state index contributed by atoms with van der Waals surface area (Å²) in [7, 11) is 0. The van der Waals surface area contributed by atoms with Crippen LogP contribution in [0.4, 0.5) is 0 Å². The standard InChI is InChI=1S/C15H22N2OS/c1-3-17(14-7-5-4-6-8-14)15(18)10-9-13-11-19-12(2)16-13/h9-11,14H,3-8H2,1-2H3/b10-9+. The van der Waals surface area contributed by atoms with Gasteiger partial charge in [-0.2, -0.15) is 0 Å².